The van der Waals surface area contributed by atoms with Gasteiger partial charge >= 0.3 is 17.9 Å². The van der Waals surface area contributed by atoms with Crippen molar-refractivity contribution in [2.75, 3.05) is 13.2 Å². The summed E-state index contributed by atoms with van der Waals surface area (Å²) in [6.45, 7) is 6.47. The summed E-state index contributed by atoms with van der Waals surface area (Å²) in [4.78, 5) is 38.1. The number of hydrogen-bond donors (Lipinski definition) is 0. The molecule has 0 amide bonds. The van der Waals surface area contributed by atoms with Gasteiger partial charge in [-0.3, -0.25) is 14.4 Å². The summed E-state index contributed by atoms with van der Waals surface area (Å²) in [5.41, 5.74) is 0. The van der Waals surface area contributed by atoms with Gasteiger partial charge < -0.3 is 14.2 Å². The molecule has 0 spiro atoms. The van der Waals surface area contributed by atoms with Crippen molar-refractivity contribution >= 4 is 17.9 Å². The third kappa shape index (κ3) is 62.3. The average molecular weight is 1070 g/mol. The van der Waals surface area contributed by atoms with Crippen LogP contribution < -0.4 is 0 Å². The van der Waals surface area contributed by atoms with Gasteiger partial charge in [0.15, 0.2) is 6.10 Å². The highest BCUT2D eigenvalue weighted by molar-refractivity contribution is 5.71. The first-order valence-electron chi connectivity index (χ1n) is 31.7. The van der Waals surface area contributed by atoms with E-state index in [1.165, 1.54) is 89.9 Å². The minimum Gasteiger partial charge on any atom is -0.462 e. The zero-order valence-corrected chi connectivity index (χ0v) is 49.9. The quantitative estimate of drug-likeness (QED) is 0.0261. The zero-order chi connectivity index (χ0) is 55.7. The van der Waals surface area contributed by atoms with Crippen molar-refractivity contribution in [3.8, 4) is 0 Å². The lowest BCUT2D eigenvalue weighted by molar-refractivity contribution is -0.167. The van der Waals surface area contributed by atoms with Crippen LogP contribution in [0.4, 0.5) is 0 Å². The van der Waals surface area contributed by atoms with Crippen molar-refractivity contribution < 1.29 is 28.6 Å². The van der Waals surface area contributed by atoms with E-state index in [0.29, 0.717) is 19.3 Å². The lowest BCUT2D eigenvalue weighted by Crippen LogP contribution is -2.30. The molecule has 0 aromatic heterocycles. The molecule has 0 saturated heterocycles. The first kappa shape index (κ1) is 72.5. The van der Waals surface area contributed by atoms with Crippen LogP contribution in [0.15, 0.2) is 134 Å². The van der Waals surface area contributed by atoms with Crippen LogP contribution in [0, 0.1) is 0 Å². The average Bonchev–Trinajstić information content (AvgIpc) is 3.43. The van der Waals surface area contributed by atoms with Crippen LogP contribution in [0.25, 0.3) is 0 Å². The van der Waals surface area contributed by atoms with E-state index < -0.39 is 6.10 Å². The highest BCUT2D eigenvalue weighted by atomic mass is 16.6. The third-order valence-corrected chi connectivity index (χ3v) is 13.1. The SMILES string of the molecule is CC/C=C\C/C=C\C/C=C\C/C=C\C/C=C\C/C=C\C/C=C\C/C=C\C/C=C\C/C=C\CCCCCCC(=O)OCC(COC(=O)CCCCCCCCCC)OC(=O)CCCCCCC/C=C\CCCCCCCCC. The van der Waals surface area contributed by atoms with Crippen LogP contribution in [0.3, 0.4) is 0 Å². The molecule has 0 bridgehead atoms. The molecular formula is C71H116O6. The molecule has 77 heavy (non-hydrogen) atoms. The lowest BCUT2D eigenvalue weighted by atomic mass is 10.1. The predicted octanol–water partition coefficient (Wildman–Crippen LogP) is 21.8. The standard InChI is InChI=1S/C71H116O6/c1-4-7-10-13-16-19-21-23-25-27-28-29-30-31-32-33-34-35-36-37-38-39-40-41-42-43-44-45-47-48-50-52-55-58-61-64-70(73)76-67-68(66-75-69(72)63-60-57-54-18-15-12-9-6-3)77-71(74)65-62-59-56-53-51-49-46-26-24-22-20-17-14-11-8-5-2/h7,10,16,19,23,25-26,28-29,31-32,34-35,37-38,40-41,43-44,46-48,68H,4-6,8-9,11-15,17-18,20-22,24,27,30,33,36,39,42,45,49-67H2,1-3H3/b10-7-,19-16-,25-23-,29-28-,32-31-,35-34-,38-37-,41-40-,44-43-,46-26-,48-47-. The highest BCUT2D eigenvalue weighted by Crippen LogP contribution is 2.14. The van der Waals surface area contributed by atoms with E-state index in [4.69, 9.17) is 14.2 Å². The van der Waals surface area contributed by atoms with Crippen LogP contribution in [-0.2, 0) is 28.6 Å². The number of unbranched alkanes of at least 4 members (excludes halogenated alkanes) is 23. The van der Waals surface area contributed by atoms with Gasteiger partial charge in [-0.1, -0.05) is 270 Å². The fourth-order valence-electron chi connectivity index (χ4n) is 8.41. The maximum atomic E-state index is 12.8. The molecule has 0 fully saturated rings. The number of carbonyl (C=O) groups is 3. The van der Waals surface area contributed by atoms with Gasteiger partial charge in [-0.25, -0.2) is 0 Å². The van der Waals surface area contributed by atoms with Gasteiger partial charge in [0.2, 0.25) is 0 Å². The molecule has 0 heterocycles. The van der Waals surface area contributed by atoms with Gasteiger partial charge in [0.05, 0.1) is 0 Å². The highest BCUT2D eigenvalue weighted by Gasteiger charge is 2.19. The molecule has 6 heteroatoms. The van der Waals surface area contributed by atoms with Crippen molar-refractivity contribution in [3.05, 3.63) is 134 Å². The molecular weight excluding hydrogens is 949 g/mol. The van der Waals surface area contributed by atoms with Crippen molar-refractivity contribution in [2.45, 2.75) is 284 Å². The molecule has 0 saturated carbocycles. The number of rotatable bonds is 56. The summed E-state index contributed by atoms with van der Waals surface area (Å²) < 4.78 is 16.8. The van der Waals surface area contributed by atoms with Gasteiger partial charge in [-0.15, -0.1) is 0 Å². The van der Waals surface area contributed by atoms with Gasteiger partial charge in [0.1, 0.15) is 13.2 Å². The largest absolute Gasteiger partial charge is 0.462 e. The second-order valence-electron chi connectivity index (χ2n) is 20.6. The monoisotopic (exact) mass is 1060 g/mol. The molecule has 6 nitrogen and oxygen atoms in total. The van der Waals surface area contributed by atoms with E-state index in [-0.39, 0.29) is 31.1 Å². The van der Waals surface area contributed by atoms with E-state index in [0.717, 1.165) is 148 Å². The summed E-state index contributed by atoms with van der Waals surface area (Å²) in [6, 6.07) is 0. The van der Waals surface area contributed by atoms with Crippen molar-refractivity contribution in [3.63, 3.8) is 0 Å². The summed E-state index contributed by atoms with van der Waals surface area (Å²) >= 11 is 0. The van der Waals surface area contributed by atoms with Crippen molar-refractivity contribution in [2.24, 2.45) is 0 Å². The summed E-state index contributed by atoms with van der Waals surface area (Å²) in [5.74, 6) is -0.930. The molecule has 436 valence electrons. The lowest BCUT2D eigenvalue weighted by Gasteiger charge is -2.18. The molecule has 1 atom stereocenters. The first-order chi connectivity index (χ1) is 38.0. The molecule has 0 aliphatic heterocycles. The Kier molecular flexibility index (Phi) is 60.4. The van der Waals surface area contributed by atoms with E-state index >= 15 is 0 Å². The Morgan fingerprint density at radius 2 is 0.506 bits per heavy atom. The van der Waals surface area contributed by atoms with Crippen LogP contribution in [-0.4, -0.2) is 37.2 Å². The van der Waals surface area contributed by atoms with Gasteiger partial charge in [-0.05, 0) is 122 Å². The topological polar surface area (TPSA) is 78.9 Å². The Labute approximate surface area is 475 Å². The number of carbonyl (C=O) groups excluding carboxylic acids is 3. The van der Waals surface area contributed by atoms with Crippen LogP contribution in [0.2, 0.25) is 0 Å². The first-order valence-corrected chi connectivity index (χ1v) is 31.7. The van der Waals surface area contributed by atoms with Gasteiger partial charge in [0, 0.05) is 19.3 Å². The van der Waals surface area contributed by atoms with Crippen LogP contribution >= 0.6 is 0 Å². The normalized spacial score (nSPS) is 13.0. The second-order valence-corrected chi connectivity index (χ2v) is 20.6. The molecule has 0 aromatic rings. The Balaban J connectivity index is 4.23. The smallest absolute Gasteiger partial charge is 0.306 e. The van der Waals surface area contributed by atoms with Gasteiger partial charge in [-0.2, -0.15) is 0 Å². The zero-order valence-electron chi connectivity index (χ0n) is 49.9. The molecule has 0 rings (SSSR count). The maximum absolute atomic E-state index is 12.8. The maximum Gasteiger partial charge on any atom is 0.306 e. The second kappa shape index (κ2) is 64.1. The molecule has 0 aliphatic rings. The van der Waals surface area contributed by atoms with E-state index in [9.17, 15) is 14.4 Å². The number of hydrogen-bond acceptors (Lipinski definition) is 6. The molecule has 1 unspecified atom stereocenters. The summed E-state index contributed by atoms with van der Waals surface area (Å²) in [6.07, 6.45) is 90.5. The van der Waals surface area contributed by atoms with Crippen molar-refractivity contribution in [1.29, 1.82) is 0 Å². The van der Waals surface area contributed by atoms with E-state index in [1.807, 2.05) is 0 Å². The predicted molar refractivity (Wildman–Crippen MR) is 334 cm³/mol. The molecule has 0 radical (unpaired) electrons. The van der Waals surface area contributed by atoms with E-state index in [1.54, 1.807) is 0 Å². The van der Waals surface area contributed by atoms with Gasteiger partial charge in [0.25, 0.3) is 0 Å². The van der Waals surface area contributed by atoms with Crippen molar-refractivity contribution in [1.82, 2.24) is 0 Å². The molecule has 0 aromatic carbocycles. The third-order valence-electron chi connectivity index (χ3n) is 13.1. The Bertz CT molecular complexity index is 1650. The minimum atomic E-state index is -0.794. The Hall–Kier alpha value is -4.45. The number of ether oxygens (including phenoxy) is 3. The van der Waals surface area contributed by atoms with E-state index in [2.05, 4.69) is 154 Å². The molecule has 0 N–H and O–H groups in total. The molecule has 0 aliphatic carbocycles. The van der Waals surface area contributed by atoms with Crippen LogP contribution in [0.1, 0.15) is 278 Å². The summed E-state index contributed by atoms with van der Waals surface area (Å²) in [7, 11) is 0. The minimum absolute atomic E-state index is 0.0904. The summed E-state index contributed by atoms with van der Waals surface area (Å²) in [5, 5.41) is 0. The Morgan fingerprint density at radius 1 is 0.273 bits per heavy atom. The fourth-order valence-corrected chi connectivity index (χ4v) is 8.41. The fraction of sp³-hybridized carbons (Fsp3) is 0.648. The Morgan fingerprint density at radius 3 is 0.805 bits per heavy atom. The van der Waals surface area contributed by atoms with Crippen LogP contribution in [0.5, 0.6) is 0 Å². The number of allylic oxidation sites excluding steroid dienone is 22. The number of esters is 3.